The van der Waals surface area contributed by atoms with E-state index in [0.29, 0.717) is 31.6 Å². The number of aromatic nitrogens is 1. The molecule has 4 rings (SSSR count). The van der Waals surface area contributed by atoms with Crippen molar-refractivity contribution >= 4 is 11.8 Å². The Balaban J connectivity index is 1.61. The minimum Gasteiger partial charge on any atom is -0.354 e. The van der Waals surface area contributed by atoms with Crippen molar-refractivity contribution in [1.29, 1.82) is 0 Å². The predicted molar refractivity (Wildman–Crippen MR) is 122 cm³/mol. The summed E-state index contributed by atoms with van der Waals surface area (Å²) in [5.41, 5.74) is 6.38. The molecule has 2 heterocycles. The van der Waals surface area contributed by atoms with Gasteiger partial charge < -0.3 is 10.2 Å². The third kappa shape index (κ3) is 4.82. The van der Waals surface area contributed by atoms with Gasteiger partial charge in [-0.25, -0.2) is 0 Å². The van der Waals surface area contributed by atoms with Crippen LogP contribution < -0.4 is 5.32 Å². The molecule has 1 saturated heterocycles. The Hall–Kier alpha value is -3.47. The van der Waals surface area contributed by atoms with Crippen LogP contribution in [0, 0.1) is 19.8 Å². The maximum Gasteiger partial charge on any atom is 0.255 e. The van der Waals surface area contributed by atoms with Crippen molar-refractivity contribution in [2.45, 2.75) is 20.3 Å². The van der Waals surface area contributed by atoms with Crippen LogP contribution in [-0.2, 0) is 11.2 Å². The minimum absolute atomic E-state index is 0.00304. The molecule has 31 heavy (non-hydrogen) atoms. The first-order chi connectivity index (χ1) is 15.0. The molecule has 0 bridgehead atoms. The largest absolute Gasteiger partial charge is 0.354 e. The molecule has 1 fully saturated rings. The molecule has 1 aliphatic rings. The molecule has 1 aromatic heterocycles. The van der Waals surface area contributed by atoms with Gasteiger partial charge in [-0.15, -0.1) is 0 Å². The number of hydrogen-bond acceptors (Lipinski definition) is 3. The monoisotopic (exact) mass is 413 g/mol. The molecule has 0 unspecified atom stereocenters. The molecule has 158 valence electrons. The van der Waals surface area contributed by atoms with Crippen LogP contribution in [0.5, 0.6) is 0 Å². The minimum atomic E-state index is -0.310. The summed E-state index contributed by atoms with van der Waals surface area (Å²) in [7, 11) is 0. The van der Waals surface area contributed by atoms with Gasteiger partial charge in [0.05, 0.1) is 11.5 Å². The molecule has 0 saturated carbocycles. The van der Waals surface area contributed by atoms with Gasteiger partial charge in [-0.1, -0.05) is 53.6 Å². The molecular formula is C26H27N3O2. The molecule has 1 N–H and O–H groups in total. The second-order valence-electron chi connectivity index (χ2n) is 8.22. The number of amides is 2. The SMILES string of the molecule is Cc1cc(C)cc(-c2ccccc2C[C@H]2CN(C(=O)c3cccnc3)CCNC2=O)c1. The van der Waals surface area contributed by atoms with Gasteiger partial charge in [-0.05, 0) is 49.1 Å². The zero-order chi connectivity index (χ0) is 21.8. The maximum atomic E-state index is 13.0. The van der Waals surface area contributed by atoms with Crippen LogP contribution in [0.25, 0.3) is 11.1 Å². The van der Waals surface area contributed by atoms with Crippen LogP contribution in [0.2, 0.25) is 0 Å². The van der Waals surface area contributed by atoms with Gasteiger partial charge in [-0.3, -0.25) is 14.6 Å². The van der Waals surface area contributed by atoms with Gasteiger partial charge in [0.2, 0.25) is 5.91 Å². The number of benzene rings is 2. The quantitative estimate of drug-likeness (QED) is 0.708. The smallest absolute Gasteiger partial charge is 0.255 e. The van der Waals surface area contributed by atoms with E-state index in [0.717, 1.165) is 16.7 Å². The van der Waals surface area contributed by atoms with Crippen molar-refractivity contribution in [3.8, 4) is 11.1 Å². The van der Waals surface area contributed by atoms with E-state index in [1.165, 1.54) is 11.1 Å². The Morgan fingerprint density at radius 1 is 1.10 bits per heavy atom. The lowest BCUT2D eigenvalue weighted by molar-refractivity contribution is -0.124. The van der Waals surface area contributed by atoms with E-state index in [2.05, 4.69) is 54.5 Å². The van der Waals surface area contributed by atoms with E-state index in [-0.39, 0.29) is 17.7 Å². The third-order valence-electron chi connectivity index (χ3n) is 5.70. The highest BCUT2D eigenvalue weighted by Gasteiger charge is 2.29. The lowest BCUT2D eigenvalue weighted by Crippen LogP contribution is -2.37. The van der Waals surface area contributed by atoms with Gasteiger partial charge in [0.1, 0.15) is 0 Å². The highest BCUT2D eigenvalue weighted by molar-refractivity contribution is 5.94. The Bertz CT molecular complexity index is 1070. The van der Waals surface area contributed by atoms with Crippen molar-refractivity contribution < 1.29 is 9.59 Å². The van der Waals surface area contributed by atoms with E-state index < -0.39 is 0 Å². The Labute approximate surface area is 183 Å². The highest BCUT2D eigenvalue weighted by Crippen LogP contribution is 2.28. The maximum absolute atomic E-state index is 13.0. The summed E-state index contributed by atoms with van der Waals surface area (Å²) in [6, 6.07) is 18.3. The molecule has 5 heteroatoms. The lowest BCUT2D eigenvalue weighted by atomic mass is 9.90. The molecule has 5 nitrogen and oxygen atoms in total. The lowest BCUT2D eigenvalue weighted by Gasteiger charge is -2.24. The summed E-state index contributed by atoms with van der Waals surface area (Å²) in [6.07, 6.45) is 3.80. The number of rotatable bonds is 4. The van der Waals surface area contributed by atoms with Gasteiger partial charge in [0.25, 0.3) is 5.91 Å². The topological polar surface area (TPSA) is 62.3 Å². The zero-order valence-electron chi connectivity index (χ0n) is 18.0. The van der Waals surface area contributed by atoms with Gasteiger partial charge >= 0.3 is 0 Å². The summed E-state index contributed by atoms with van der Waals surface area (Å²) in [5.74, 6) is -0.399. The first kappa shape index (κ1) is 20.8. The zero-order valence-corrected chi connectivity index (χ0v) is 18.0. The summed E-state index contributed by atoms with van der Waals surface area (Å²) in [4.78, 5) is 31.6. The second kappa shape index (κ2) is 9.13. The molecule has 2 amide bonds. The van der Waals surface area contributed by atoms with E-state index in [4.69, 9.17) is 0 Å². The van der Waals surface area contributed by atoms with Crippen LogP contribution in [0.1, 0.15) is 27.0 Å². The number of hydrogen-bond donors (Lipinski definition) is 1. The number of pyridine rings is 1. The molecule has 3 aromatic rings. The fraction of sp³-hybridized carbons (Fsp3) is 0.269. The predicted octanol–water partition coefficient (Wildman–Crippen LogP) is 3.80. The van der Waals surface area contributed by atoms with E-state index >= 15 is 0 Å². The van der Waals surface area contributed by atoms with Crippen LogP contribution in [-0.4, -0.2) is 41.3 Å². The number of aryl methyl sites for hydroxylation is 2. The number of carbonyl (C=O) groups excluding carboxylic acids is 2. The van der Waals surface area contributed by atoms with Gasteiger partial charge in [-0.2, -0.15) is 0 Å². The van der Waals surface area contributed by atoms with Crippen LogP contribution >= 0.6 is 0 Å². The molecule has 0 radical (unpaired) electrons. The molecular weight excluding hydrogens is 386 g/mol. The Kier molecular flexibility index (Phi) is 6.12. The number of carbonyl (C=O) groups is 2. The highest BCUT2D eigenvalue weighted by atomic mass is 16.2. The normalized spacial score (nSPS) is 16.5. The van der Waals surface area contributed by atoms with Crippen LogP contribution in [0.3, 0.4) is 0 Å². The first-order valence-electron chi connectivity index (χ1n) is 10.6. The van der Waals surface area contributed by atoms with E-state index in [1.807, 2.05) is 12.1 Å². The second-order valence-corrected chi connectivity index (χ2v) is 8.22. The van der Waals surface area contributed by atoms with E-state index in [9.17, 15) is 9.59 Å². The molecule has 2 aromatic carbocycles. The number of nitrogens with one attached hydrogen (secondary N) is 1. The third-order valence-corrected chi connectivity index (χ3v) is 5.70. The average molecular weight is 414 g/mol. The fourth-order valence-electron chi connectivity index (χ4n) is 4.29. The standard InChI is InChI=1S/C26H27N3O2/c1-18-12-19(2)14-22(13-18)24-8-4-3-6-20(24)15-23-17-29(11-10-28-25(23)30)26(31)21-7-5-9-27-16-21/h3-9,12-14,16,23H,10-11,15,17H2,1-2H3,(H,28,30)/t23-/m0/s1. The van der Waals surface area contributed by atoms with Crippen molar-refractivity contribution in [1.82, 2.24) is 15.2 Å². The Morgan fingerprint density at radius 2 is 1.87 bits per heavy atom. The first-order valence-corrected chi connectivity index (χ1v) is 10.6. The van der Waals surface area contributed by atoms with E-state index in [1.54, 1.807) is 29.4 Å². The van der Waals surface area contributed by atoms with Crippen molar-refractivity contribution in [3.63, 3.8) is 0 Å². The molecule has 1 atom stereocenters. The Morgan fingerprint density at radius 3 is 2.61 bits per heavy atom. The average Bonchev–Trinajstić information content (AvgIpc) is 2.95. The van der Waals surface area contributed by atoms with Crippen LogP contribution in [0.15, 0.2) is 67.0 Å². The number of nitrogens with zero attached hydrogens (tertiary/aromatic N) is 2. The summed E-state index contributed by atoms with van der Waals surface area (Å²) < 4.78 is 0. The van der Waals surface area contributed by atoms with Gasteiger partial charge in [0.15, 0.2) is 0 Å². The van der Waals surface area contributed by atoms with Crippen molar-refractivity contribution in [3.05, 3.63) is 89.2 Å². The fourth-order valence-corrected chi connectivity index (χ4v) is 4.29. The van der Waals surface area contributed by atoms with Crippen LogP contribution in [0.4, 0.5) is 0 Å². The summed E-state index contributed by atoms with van der Waals surface area (Å²) in [5, 5.41) is 2.98. The van der Waals surface area contributed by atoms with Crippen molar-refractivity contribution in [2.24, 2.45) is 5.92 Å². The molecule has 0 spiro atoms. The summed E-state index contributed by atoms with van der Waals surface area (Å²) >= 11 is 0. The van der Waals surface area contributed by atoms with Gasteiger partial charge in [0, 0.05) is 32.0 Å². The summed E-state index contributed by atoms with van der Waals surface area (Å²) in [6.45, 7) is 5.54. The van der Waals surface area contributed by atoms with Crippen molar-refractivity contribution in [2.75, 3.05) is 19.6 Å². The molecule has 0 aliphatic carbocycles. The molecule has 1 aliphatic heterocycles.